The van der Waals surface area contributed by atoms with Gasteiger partial charge in [0.05, 0.1) is 12.1 Å². The first-order valence-corrected chi connectivity index (χ1v) is 7.39. The van der Waals surface area contributed by atoms with Crippen molar-refractivity contribution in [2.75, 3.05) is 7.11 Å². The molecule has 1 heterocycles. The molecule has 1 aromatic heterocycles. The first-order chi connectivity index (χ1) is 9.13. The normalized spacial score (nSPS) is 10.5. The molecule has 0 atom stereocenters. The monoisotopic (exact) mass is 317 g/mol. The van der Waals surface area contributed by atoms with Crippen LogP contribution in [0.1, 0.15) is 16.3 Å². The summed E-state index contributed by atoms with van der Waals surface area (Å²) in [7, 11) is 1.57. The number of methoxy groups -OCH3 is 1. The third kappa shape index (κ3) is 3.53. The maximum absolute atomic E-state index is 6.18. The number of aryl methyl sites for hydroxylation is 1. The fourth-order valence-corrected chi connectivity index (χ4v) is 2.72. The Morgan fingerprint density at radius 2 is 2.16 bits per heavy atom. The van der Waals surface area contributed by atoms with Crippen LogP contribution in [-0.2, 0) is 12.5 Å². The molecular formula is C13H13Cl2NO2S. The van der Waals surface area contributed by atoms with Gasteiger partial charge in [0.2, 0.25) is 0 Å². The number of aromatic nitrogens is 1. The lowest BCUT2D eigenvalue weighted by atomic mass is 10.2. The van der Waals surface area contributed by atoms with Crippen molar-refractivity contribution in [3.8, 4) is 11.5 Å². The van der Waals surface area contributed by atoms with E-state index in [0.29, 0.717) is 29.0 Å². The van der Waals surface area contributed by atoms with Crippen molar-refractivity contribution < 1.29 is 9.47 Å². The van der Waals surface area contributed by atoms with E-state index in [-0.39, 0.29) is 0 Å². The summed E-state index contributed by atoms with van der Waals surface area (Å²) in [4.78, 5) is 4.33. The van der Waals surface area contributed by atoms with E-state index in [4.69, 9.17) is 32.7 Å². The summed E-state index contributed by atoms with van der Waals surface area (Å²) in [5.41, 5.74) is 1.88. The number of halogens is 2. The van der Waals surface area contributed by atoms with Gasteiger partial charge in [0.25, 0.3) is 0 Å². The first kappa shape index (κ1) is 14.4. The fraction of sp³-hybridized carbons (Fsp3) is 0.308. The summed E-state index contributed by atoms with van der Waals surface area (Å²) >= 11 is 13.5. The summed E-state index contributed by atoms with van der Waals surface area (Å²) in [5.74, 6) is 1.48. The minimum absolute atomic E-state index is 0.370. The number of hydrogen-bond donors (Lipinski definition) is 0. The van der Waals surface area contributed by atoms with E-state index >= 15 is 0 Å². The molecule has 2 aromatic rings. The molecule has 0 fully saturated rings. The van der Waals surface area contributed by atoms with Crippen molar-refractivity contribution >= 4 is 34.5 Å². The van der Waals surface area contributed by atoms with E-state index in [2.05, 4.69) is 4.98 Å². The standard InChI is InChI=1S/C13H13Cl2NO2S/c1-8-7-19-12(16-8)6-18-13-10(15)3-9(5-14)4-11(13)17-2/h3-4,7H,5-6H2,1-2H3. The Morgan fingerprint density at radius 1 is 1.37 bits per heavy atom. The zero-order valence-corrected chi connectivity index (χ0v) is 12.9. The second-order valence-corrected chi connectivity index (χ2v) is 5.53. The number of alkyl halides is 1. The van der Waals surface area contributed by atoms with Gasteiger partial charge in [-0.3, -0.25) is 0 Å². The van der Waals surface area contributed by atoms with E-state index in [1.54, 1.807) is 24.5 Å². The summed E-state index contributed by atoms with van der Waals surface area (Å²) in [6.07, 6.45) is 0. The van der Waals surface area contributed by atoms with Crippen molar-refractivity contribution in [1.82, 2.24) is 4.98 Å². The first-order valence-electron chi connectivity index (χ1n) is 5.60. The molecule has 0 spiro atoms. The van der Waals surface area contributed by atoms with E-state index in [1.165, 1.54) is 0 Å². The second-order valence-electron chi connectivity index (χ2n) is 3.91. The van der Waals surface area contributed by atoms with Gasteiger partial charge in [-0.15, -0.1) is 22.9 Å². The van der Waals surface area contributed by atoms with Crippen molar-refractivity contribution in [3.05, 3.63) is 38.8 Å². The number of benzene rings is 1. The second kappa shape index (κ2) is 6.46. The molecule has 0 aliphatic heterocycles. The van der Waals surface area contributed by atoms with Crippen LogP contribution in [0.3, 0.4) is 0 Å². The summed E-state index contributed by atoms with van der Waals surface area (Å²) < 4.78 is 11.0. The summed E-state index contributed by atoms with van der Waals surface area (Å²) in [5, 5.41) is 3.37. The van der Waals surface area contributed by atoms with Crippen LogP contribution in [0.2, 0.25) is 5.02 Å². The molecule has 6 heteroatoms. The van der Waals surface area contributed by atoms with Gasteiger partial charge in [-0.05, 0) is 24.6 Å². The zero-order chi connectivity index (χ0) is 13.8. The Kier molecular flexibility index (Phi) is 4.91. The predicted octanol–water partition coefficient (Wildman–Crippen LogP) is 4.43. The molecule has 0 saturated heterocycles. The Hall–Kier alpha value is -0.970. The maximum Gasteiger partial charge on any atom is 0.180 e. The van der Waals surface area contributed by atoms with Gasteiger partial charge in [0.15, 0.2) is 11.5 Å². The number of rotatable bonds is 5. The number of nitrogens with zero attached hydrogens (tertiary/aromatic N) is 1. The van der Waals surface area contributed by atoms with E-state index in [0.717, 1.165) is 16.3 Å². The van der Waals surface area contributed by atoms with Gasteiger partial charge < -0.3 is 9.47 Å². The molecule has 102 valence electrons. The third-order valence-electron chi connectivity index (χ3n) is 2.45. The molecule has 0 amide bonds. The molecule has 3 nitrogen and oxygen atoms in total. The average molecular weight is 318 g/mol. The predicted molar refractivity (Wildman–Crippen MR) is 78.7 cm³/mol. The highest BCUT2D eigenvalue weighted by atomic mass is 35.5. The lowest BCUT2D eigenvalue weighted by Crippen LogP contribution is -1.99. The van der Waals surface area contributed by atoms with Crippen molar-refractivity contribution in [3.63, 3.8) is 0 Å². The van der Waals surface area contributed by atoms with Crippen LogP contribution in [0.5, 0.6) is 11.5 Å². The molecule has 2 rings (SSSR count). The van der Waals surface area contributed by atoms with E-state index in [1.807, 2.05) is 18.4 Å². The highest BCUT2D eigenvalue weighted by Gasteiger charge is 2.12. The van der Waals surface area contributed by atoms with Crippen LogP contribution in [0.25, 0.3) is 0 Å². The SMILES string of the molecule is COc1cc(CCl)cc(Cl)c1OCc1nc(C)cs1. The van der Waals surface area contributed by atoms with E-state index in [9.17, 15) is 0 Å². The quantitative estimate of drug-likeness (QED) is 0.764. The van der Waals surface area contributed by atoms with Crippen LogP contribution >= 0.6 is 34.5 Å². The number of thiazole rings is 1. The van der Waals surface area contributed by atoms with Gasteiger partial charge in [-0.25, -0.2) is 4.98 Å². The van der Waals surface area contributed by atoms with Gasteiger partial charge in [0, 0.05) is 17.0 Å². The molecule has 1 aromatic carbocycles. The Morgan fingerprint density at radius 3 is 2.74 bits per heavy atom. The van der Waals surface area contributed by atoms with E-state index < -0.39 is 0 Å². The Bertz CT molecular complexity index is 572. The van der Waals surface area contributed by atoms with Crippen LogP contribution < -0.4 is 9.47 Å². The largest absolute Gasteiger partial charge is 0.493 e. The summed E-state index contributed by atoms with van der Waals surface area (Å²) in [6.45, 7) is 2.32. The van der Waals surface area contributed by atoms with Crippen LogP contribution in [0.15, 0.2) is 17.5 Å². The molecule has 0 unspecified atom stereocenters. The van der Waals surface area contributed by atoms with Crippen LogP contribution in [0, 0.1) is 6.92 Å². The van der Waals surface area contributed by atoms with Crippen molar-refractivity contribution in [2.24, 2.45) is 0 Å². The Balaban J connectivity index is 2.19. The third-order valence-corrected chi connectivity index (χ3v) is 3.98. The van der Waals surface area contributed by atoms with Crippen molar-refractivity contribution in [2.45, 2.75) is 19.4 Å². The molecule has 0 radical (unpaired) electrons. The van der Waals surface area contributed by atoms with Gasteiger partial charge in [-0.2, -0.15) is 0 Å². The summed E-state index contributed by atoms with van der Waals surface area (Å²) in [6, 6.07) is 3.60. The van der Waals surface area contributed by atoms with Crippen LogP contribution in [0.4, 0.5) is 0 Å². The topological polar surface area (TPSA) is 31.4 Å². The highest BCUT2D eigenvalue weighted by Crippen LogP contribution is 2.37. The molecule has 0 aliphatic carbocycles. The molecule has 0 aliphatic rings. The molecule has 0 saturated carbocycles. The molecule has 0 N–H and O–H groups in total. The van der Waals surface area contributed by atoms with Gasteiger partial charge in [0.1, 0.15) is 11.6 Å². The average Bonchev–Trinajstić information content (AvgIpc) is 2.82. The van der Waals surface area contributed by atoms with Gasteiger partial charge in [-0.1, -0.05) is 11.6 Å². The lowest BCUT2D eigenvalue weighted by molar-refractivity contribution is 0.284. The van der Waals surface area contributed by atoms with Crippen LogP contribution in [-0.4, -0.2) is 12.1 Å². The van der Waals surface area contributed by atoms with Gasteiger partial charge >= 0.3 is 0 Å². The number of hydrogen-bond acceptors (Lipinski definition) is 4. The Labute approximate surface area is 126 Å². The number of ether oxygens (including phenoxy) is 2. The van der Waals surface area contributed by atoms with Crippen molar-refractivity contribution in [1.29, 1.82) is 0 Å². The molecule has 19 heavy (non-hydrogen) atoms. The maximum atomic E-state index is 6.18. The minimum atomic E-state index is 0.370. The molecule has 0 bridgehead atoms. The lowest BCUT2D eigenvalue weighted by Gasteiger charge is -2.12. The fourth-order valence-electron chi connectivity index (χ4n) is 1.59. The minimum Gasteiger partial charge on any atom is -0.493 e. The smallest absolute Gasteiger partial charge is 0.180 e. The highest BCUT2D eigenvalue weighted by molar-refractivity contribution is 7.09. The zero-order valence-electron chi connectivity index (χ0n) is 10.6. The molecular weight excluding hydrogens is 305 g/mol.